The normalized spacial score (nSPS) is 18.6. The van der Waals surface area contributed by atoms with Crippen molar-refractivity contribution in [2.24, 2.45) is 0 Å². The van der Waals surface area contributed by atoms with Crippen LogP contribution in [0, 0.1) is 0 Å². The van der Waals surface area contributed by atoms with E-state index < -0.39 is 9.84 Å². The SMILES string of the molecule is CC(C)c1ccc(CN(C(=O)/C=C/c2ccccc2)C2CCS(=O)(=O)C2)cc1. The Kier molecular flexibility index (Phi) is 6.35. The number of amides is 1. The summed E-state index contributed by atoms with van der Waals surface area (Å²) >= 11 is 0. The smallest absolute Gasteiger partial charge is 0.247 e. The Morgan fingerprint density at radius 1 is 1.11 bits per heavy atom. The van der Waals surface area contributed by atoms with Crippen molar-refractivity contribution in [1.29, 1.82) is 0 Å². The number of sulfone groups is 1. The molecule has 0 aliphatic carbocycles. The summed E-state index contributed by atoms with van der Waals surface area (Å²) in [6.07, 6.45) is 3.82. The van der Waals surface area contributed by atoms with Crippen LogP contribution < -0.4 is 0 Å². The quantitative estimate of drug-likeness (QED) is 0.691. The third kappa shape index (κ3) is 5.32. The third-order valence-electron chi connectivity index (χ3n) is 5.15. The van der Waals surface area contributed by atoms with Crippen LogP contribution >= 0.6 is 0 Å². The Morgan fingerprint density at radius 2 is 1.79 bits per heavy atom. The van der Waals surface area contributed by atoms with E-state index in [0.29, 0.717) is 18.9 Å². The van der Waals surface area contributed by atoms with E-state index >= 15 is 0 Å². The average molecular weight is 398 g/mol. The molecule has 28 heavy (non-hydrogen) atoms. The highest BCUT2D eigenvalue weighted by atomic mass is 32.2. The minimum atomic E-state index is -3.07. The van der Waals surface area contributed by atoms with E-state index in [-0.39, 0.29) is 23.5 Å². The van der Waals surface area contributed by atoms with Crippen LogP contribution in [0.1, 0.15) is 42.9 Å². The van der Waals surface area contributed by atoms with Crippen LogP contribution in [0.15, 0.2) is 60.7 Å². The van der Waals surface area contributed by atoms with Gasteiger partial charge in [-0.05, 0) is 35.1 Å². The molecule has 0 N–H and O–H groups in total. The van der Waals surface area contributed by atoms with Gasteiger partial charge in [0, 0.05) is 18.7 Å². The van der Waals surface area contributed by atoms with Crippen LogP contribution in [0.3, 0.4) is 0 Å². The number of hydrogen-bond donors (Lipinski definition) is 0. The summed E-state index contributed by atoms with van der Waals surface area (Å²) < 4.78 is 23.9. The van der Waals surface area contributed by atoms with E-state index in [0.717, 1.165) is 11.1 Å². The molecule has 3 rings (SSSR count). The number of carbonyl (C=O) groups excluding carboxylic acids is 1. The largest absolute Gasteiger partial charge is 0.331 e. The minimum absolute atomic E-state index is 0.0436. The molecule has 1 amide bonds. The summed E-state index contributed by atoms with van der Waals surface area (Å²) in [5.74, 6) is 0.484. The van der Waals surface area contributed by atoms with Crippen LogP contribution in [-0.2, 0) is 21.2 Å². The minimum Gasteiger partial charge on any atom is -0.331 e. The molecular weight excluding hydrogens is 370 g/mol. The van der Waals surface area contributed by atoms with Crippen molar-refractivity contribution in [3.8, 4) is 0 Å². The lowest BCUT2D eigenvalue weighted by Crippen LogP contribution is -2.39. The van der Waals surface area contributed by atoms with Crippen molar-refractivity contribution in [2.45, 2.75) is 38.8 Å². The summed E-state index contributed by atoms with van der Waals surface area (Å²) in [7, 11) is -3.07. The third-order valence-corrected chi connectivity index (χ3v) is 6.90. The fourth-order valence-electron chi connectivity index (χ4n) is 3.44. The van der Waals surface area contributed by atoms with E-state index in [1.807, 2.05) is 42.5 Å². The van der Waals surface area contributed by atoms with Gasteiger partial charge in [-0.3, -0.25) is 4.79 Å². The average Bonchev–Trinajstić information content (AvgIpc) is 3.05. The zero-order valence-electron chi connectivity index (χ0n) is 16.4. The van der Waals surface area contributed by atoms with E-state index in [4.69, 9.17) is 0 Å². The van der Waals surface area contributed by atoms with Crippen molar-refractivity contribution < 1.29 is 13.2 Å². The Labute approximate surface area is 167 Å². The standard InChI is InChI=1S/C23H27NO3S/c1-18(2)21-11-8-20(9-12-21)16-24(22-14-15-28(26,27)17-22)23(25)13-10-19-6-4-3-5-7-19/h3-13,18,22H,14-17H2,1-2H3/b13-10+. The van der Waals surface area contributed by atoms with Crippen LogP contribution in [-0.4, -0.2) is 36.8 Å². The van der Waals surface area contributed by atoms with Crippen molar-refractivity contribution in [2.75, 3.05) is 11.5 Å². The highest BCUT2D eigenvalue weighted by Gasteiger charge is 2.34. The van der Waals surface area contributed by atoms with Crippen molar-refractivity contribution in [1.82, 2.24) is 4.90 Å². The number of benzene rings is 2. The zero-order valence-corrected chi connectivity index (χ0v) is 17.2. The highest BCUT2D eigenvalue weighted by Crippen LogP contribution is 2.22. The first-order chi connectivity index (χ1) is 13.3. The van der Waals surface area contributed by atoms with Gasteiger partial charge in [-0.2, -0.15) is 0 Å². The van der Waals surface area contributed by atoms with Crippen molar-refractivity contribution in [3.63, 3.8) is 0 Å². The molecule has 1 aliphatic rings. The molecule has 148 valence electrons. The van der Waals surface area contributed by atoms with Crippen LogP contribution in [0.5, 0.6) is 0 Å². The van der Waals surface area contributed by atoms with Gasteiger partial charge < -0.3 is 4.90 Å². The van der Waals surface area contributed by atoms with Crippen LogP contribution in [0.2, 0.25) is 0 Å². The molecule has 0 radical (unpaired) electrons. The zero-order chi connectivity index (χ0) is 20.1. The predicted molar refractivity (Wildman–Crippen MR) is 114 cm³/mol. The van der Waals surface area contributed by atoms with E-state index in [1.165, 1.54) is 5.56 Å². The maximum absolute atomic E-state index is 12.9. The number of nitrogens with zero attached hydrogens (tertiary/aromatic N) is 1. The first-order valence-corrected chi connectivity index (χ1v) is 11.5. The van der Waals surface area contributed by atoms with E-state index in [9.17, 15) is 13.2 Å². The first kappa shape index (κ1) is 20.3. The molecule has 1 saturated heterocycles. The monoisotopic (exact) mass is 397 g/mol. The fourth-order valence-corrected chi connectivity index (χ4v) is 5.17. The molecule has 1 aliphatic heterocycles. The van der Waals surface area contributed by atoms with Crippen molar-refractivity contribution in [3.05, 3.63) is 77.4 Å². The molecule has 5 heteroatoms. The first-order valence-electron chi connectivity index (χ1n) is 9.67. The second kappa shape index (κ2) is 8.74. The second-order valence-electron chi connectivity index (χ2n) is 7.66. The maximum Gasteiger partial charge on any atom is 0.247 e. The summed E-state index contributed by atoms with van der Waals surface area (Å²) in [5, 5.41) is 0. The van der Waals surface area contributed by atoms with Gasteiger partial charge in [0.15, 0.2) is 9.84 Å². The van der Waals surface area contributed by atoms with Gasteiger partial charge in [0.1, 0.15) is 0 Å². The second-order valence-corrected chi connectivity index (χ2v) is 9.89. The molecule has 2 aromatic carbocycles. The summed E-state index contributed by atoms with van der Waals surface area (Å²) in [5.41, 5.74) is 3.19. The molecule has 1 unspecified atom stereocenters. The number of hydrogen-bond acceptors (Lipinski definition) is 3. The number of carbonyl (C=O) groups is 1. The molecule has 1 fully saturated rings. The lowest BCUT2D eigenvalue weighted by atomic mass is 10.0. The molecule has 0 aromatic heterocycles. The molecule has 1 atom stereocenters. The van der Waals surface area contributed by atoms with E-state index in [1.54, 1.807) is 17.1 Å². The molecule has 0 bridgehead atoms. The van der Waals surface area contributed by atoms with Crippen LogP contribution in [0.25, 0.3) is 6.08 Å². The molecule has 0 spiro atoms. The lowest BCUT2D eigenvalue weighted by molar-refractivity contribution is -0.128. The van der Waals surface area contributed by atoms with Crippen LogP contribution in [0.4, 0.5) is 0 Å². The Bertz CT molecular complexity index is 932. The molecule has 0 saturated carbocycles. The number of rotatable bonds is 6. The summed E-state index contributed by atoms with van der Waals surface area (Å²) in [6.45, 7) is 4.70. The maximum atomic E-state index is 12.9. The van der Waals surface area contributed by atoms with Gasteiger partial charge in [0.25, 0.3) is 0 Å². The molecule has 2 aromatic rings. The summed E-state index contributed by atoms with van der Waals surface area (Å²) in [4.78, 5) is 14.6. The van der Waals surface area contributed by atoms with Gasteiger partial charge >= 0.3 is 0 Å². The predicted octanol–water partition coefficient (Wildman–Crippen LogP) is 4.04. The molecular formula is C23H27NO3S. The van der Waals surface area contributed by atoms with Gasteiger partial charge in [-0.25, -0.2) is 8.42 Å². The molecule has 4 nitrogen and oxygen atoms in total. The van der Waals surface area contributed by atoms with Crippen molar-refractivity contribution >= 4 is 21.8 Å². The topological polar surface area (TPSA) is 54.5 Å². The van der Waals surface area contributed by atoms with Gasteiger partial charge in [0.2, 0.25) is 5.91 Å². The molecule has 1 heterocycles. The van der Waals surface area contributed by atoms with E-state index in [2.05, 4.69) is 26.0 Å². The van der Waals surface area contributed by atoms with Gasteiger partial charge in [0.05, 0.1) is 11.5 Å². The Balaban J connectivity index is 1.80. The van der Waals surface area contributed by atoms with Gasteiger partial charge in [-0.15, -0.1) is 0 Å². The lowest BCUT2D eigenvalue weighted by Gasteiger charge is -2.27. The Hall–Kier alpha value is -2.40. The summed E-state index contributed by atoms with van der Waals surface area (Å²) in [6, 6.07) is 17.6. The Morgan fingerprint density at radius 3 is 2.36 bits per heavy atom. The fraction of sp³-hybridized carbons (Fsp3) is 0.348. The highest BCUT2D eigenvalue weighted by molar-refractivity contribution is 7.91. The van der Waals surface area contributed by atoms with Gasteiger partial charge in [-0.1, -0.05) is 68.4 Å².